The van der Waals surface area contributed by atoms with Crippen LogP contribution in [-0.2, 0) is 16.0 Å². The fourth-order valence-corrected chi connectivity index (χ4v) is 5.18. The van der Waals surface area contributed by atoms with E-state index in [1.54, 1.807) is 47.5 Å². The van der Waals surface area contributed by atoms with E-state index in [1.165, 1.54) is 28.3 Å². The molecule has 0 radical (unpaired) electrons. The Bertz CT molecular complexity index is 1460. The quantitative estimate of drug-likeness (QED) is 0.142. The van der Waals surface area contributed by atoms with Gasteiger partial charge in [-0.25, -0.2) is 0 Å². The molecule has 0 aliphatic carbocycles. The summed E-state index contributed by atoms with van der Waals surface area (Å²) >= 11 is 0. The van der Waals surface area contributed by atoms with Gasteiger partial charge in [-0.3, -0.25) is 4.79 Å². The maximum Gasteiger partial charge on any atom is 0.303 e. The van der Waals surface area contributed by atoms with Crippen LogP contribution < -0.4 is 42.6 Å². The summed E-state index contributed by atoms with van der Waals surface area (Å²) in [5.74, 6) is 3.56. The zero-order valence-corrected chi connectivity index (χ0v) is 29.0. The first kappa shape index (κ1) is 36.5. The molecule has 0 unspecified atom stereocenters. The van der Waals surface area contributed by atoms with E-state index in [4.69, 9.17) is 47.4 Å². The number of esters is 1. The van der Waals surface area contributed by atoms with Crippen molar-refractivity contribution in [1.82, 2.24) is 0 Å². The van der Waals surface area contributed by atoms with Crippen LogP contribution >= 0.6 is 0 Å². The lowest BCUT2D eigenvalue weighted by atomic mass is 10.0. The number of carbonyl (C=O) groups is 1. The molecule has 3 aromatic rings. The molecule has 11 heteroatoms. The zero-order chi connectivity index (χ0) is 34.7. The fourth-order valence-electron chi connectivity index (χ4n) is 5.18. The molecule has 0 spiro atoms. The van der Waals surface area contributed by atoms with Gasteiger partial charge >= 0.3 is 5.97 Å². The summed E-state index contributed by atoms with van der Waals surface area (Å²) in [4.78, 5) is 12.2. The van der Waals surface area contributed by atoms with Crippen LogP contribution in [0.1, 0.15) is 50.5 Å². The molecule has 0 saturated carbocycles. The number of methoxy groups -OCH3 is 7. The van der Waals surface area contributed by atoms with Crippen LogP contribution in [0.15, 0.2) is 42.5 Å². The van der Waals surface area contributed by atoms with E-state index in [1.807, 2.05) is 50.3 Å². The van der Waals surface area contributed by atoms with E-state index in [0.29, 0.717) is 63.7 Å². The third-order valence-corrected chi connectivity index (χ3v) is 7.24. The molecule has 0 aromatic heterocycles. The van der Waals surface area contributed by atoms with Crippen LogP contribution in [0.3, 0.4) is 0 Å². The average Bonchev–Trinajstić information content (AvgIpc) is 3.06. The number of hydrogen-bond acceptors (Lipinski definition) is 11. The van der Waals surface area contributed by atoms with Crippen molar-refractivity contribution in [2.24, 2.45) is 0 Å². The number of allylic oxidation sites excluding steroid dienone is 1. The Morgan fingerprint density at radius 1 is 0.638 bits per heavy atom. The highest BCUT2D eigenvalue weighted by atomic mass is 16.6. The number of benzene rings is 3. The molecule has 3 rings (SSSR count). The lowest BCUT2D eigenvalue weighted by Crippen LogP contribution is -2.26. The van der Waals surface area contributed by atoms with Gasteiger partial charge in [-0.1, -0.05) is 12.2 Å². The van der Waals surface area contributed by atoms with Crippen molar-refractivity contribution in [3.05, 3.63) is 59.2 Å². The molecule has 47 heavy (non-hydrogen) atoms. The molecule has 0 fully saturated rings. The van der Waals surface area contributed by atoms with Crippen molar-refractivity contribution in [1.29, 1.82) is 0 Å². The Morgan fingerprint density at radius 3 is 1.51 bits per heavy atom. The zero-order valence-electron chi connectivity index (χ0n) is 29.0. The van der Waals surface area contributed by atoms with E-state index in [2.05, 4.69) is 0 Å². The Morgan fingerprint density at radius 2 is 1.09 bits per heavy atom. The maximum atomic E-state index is 12.2. The molecule has 0 aliphatic rings. The highest BCUT2D eigenvalue weighted by Gasteiger charge is 2.30. The molecule has 0 amide bonds. The van der Waals surface area contributed by atoms with Crippen LogP contribution in [0.2, 0.25) is 0 Å². The van der Waals surface area contributed by atoms with E-state index in [9.17, 15) is 4.79 Å². The van der Waals surface area contributed by atoms with Crippen LogP contribution in [-0.4, -0.2) is 67.9 Å². The standard InChI is InChI=1S/C36H46O11/c1-12-13-24-15-27(38-5)35(28(16-24)39-6)45-21(2)14-25-17-29(40-7)36(30(18-25)41-8)46-22(3)33(47-23(4)37)26-19-31(42-9)34(44-11)32(20-26)43-10/h12-13,15-22,33H,14H2,1-11H3/b13-12+/t21-,22+,33+/m0/s1. The molecule has 0 N–H and O–H groups in total. The number of rotatable bonds is 17. The molecule has 0 bridgehead atoms. The van der Waals surface area contributed by atoms with Crippen molar-refractivity contribution in [2.75, 3.05) is 49.8 Å². The van der Waals surface area contributed by atoms with E-state index in [0.717, 1.165) is 11.1 Å². The first-order valence-electron chi connectivity index (χ1n) is 15.0. The Balaban J connectivity index is 1.94. The van der Waals surface area contributed by atoms with Crippen molar-refractivity contribution in [3.8, 4) is 51.7 Å². The van der Waals surface area contributed by atoms with Crippen molar-refractivity contribution in [2.45, 2.75) is 52.4 Å². The van der Waals surface area contributed by atoms with Crippen molar-refractivity contribution < 1.29 is 52.2 Å². The second-order valence-corrected chi connectivity index (χ2v) is 10.5. The molecule has 0 heterocycles. The largest absolute Gasteiger partial charge is 0.493 e. The minimum Gasteiger partial charge on any atom is -0.493 e. The predicted molar refractivity (Wildman–Crippen MR) is 178 cm³/mol. The third-order valence-electron chi connectivity index (χ3n) is 7.24. The van der Waals surface area contributed by atoms with Crippen LogP contribution in [0.5, 0.6) is 51.7 Å². The van der Waals surface area contributed by atoms with Gasteiger partial charge < -0.3 is 47.4 Å². The van der Waals surface area contributed by atoms with Gasteiger partial charge in [0.25, 0.3) is 0 Å². The number of hydrogen-bond donors (Lipinski definition) is 0. The second kappa shape index (κ2) is 17.1. The molecule has 3 aromatic carbocycles. The average molecular weight is 655 g/mol. The summed E-state index contributed by atoms with van der Waals surface area (Å²) in [7, 11) is 10.8. The van der Waals surface area contributed by atoms with Gasteiger partial charge in [0.05, 0.1) is 49.8 Å². The Kier molecular flexibility index (Phi) is 13.3. The van der Waals surface area contributed by atoms with Gasteiger partial charge in [0.2, 0.25) is 17.2 Å². The molecular formula is C36H46O11. The Hall–Kier alpha value is -4.93. The minimum absolute atomic E-state index is 0.293. The second-order valence-electron chi connectivity index (χ2n) is 10.5. The summed E-state index contributed by atoms with van der Waals surface area (Å²) in [5.41, 5.74) is 2.38. The molecule has 0 aliphatic heterocycles. The lowest BCUT2D eigenvalue weighted by molar-refractivity contribution is -0.151. The SMILES string of the molecule is C/C=C/c1cc(OC)c(O[C@@H](C)Cc2cc(OC)c(O[C@H](C)[C@@H](OC(C)=O)c3cc(OC)c(OC)c(OC)c3)c(OC)c2)c(OC)c1. The highest BCUT2D eigenvalue weighted by Crippen LogP contribution is 2.45. The van der Waals surface area contributed by atoms with Gasteiger partial charge in [0, 0.05) is 18.9 Å². The molecule has 0 saturated heterocycles. The topological polar surface area (TPSA) is 109 Å². The maximum absolute atomic E-state index is 12.2. The van der Waals surface area contributed by atoms with Gasteiger partial charge in [-0.05, 0) is 68.3 Å². The first-order chi connectivity index (χ1) is 22.6. The minimum atomic E-state index is -0.854. The van der Waals surface area contributed by atoms with Gasteiger partial charge in [-0.2, -0.15) is 0 Å². The lowest BCUT2D eigenvalue weighted by Gasteiger charge is -2.27. The summed E-state index contributed by atoms with van der Waals surface area (Å²) < 4.78 is 57.7. The summed E-state index contributed by atoms with van der Waals surface area (Å²) in [6.07, 6.45) is 2.54. The van der Waals surface area contributed by atoms with Crippen LogP contribution in [0.25, 0.3) is 6.08 Å². The monoisotopic (exact) mass is 654 g/mol. The van der Waals surface area contributed by atoms with E-state index in [-0.39, 0.29) is 6.10 Å². The normalized spacial score (nSPS) is 12.8. The molecule has 3 atom stereocenters. The summed E-state index contributed by atoms with van der Waals surface area (Å²) in [6.45, 7) is 7.00. The summed E-state index contributed by atoms with van der Waals surface area (Å²) in [6, 6.07) is 10.9. The van der Waals surface area contributed by atoms with E-state index < -0.39 is 18.2 Å². The van der Waals surface area contributed by atoms with Gasteiger partial charge in [0.1, 0.15) is 12.2 Å². The molecule has 256 valence electrons. The van der Waals surface area contributed by atoms with E-state index >= 15 is 0 Å². The number of carbonyl (C=O) groups excluding carboxylic acids is 1. The molecular weight excluding hydrogens is 608 g/mol. The van der Waals surface area contributed by atoms with Crippen molar-refractivity contribution >= 4 is 12.0 Å². The van der Waals surface area contributed by atoms with Gasteiger partial charge in [-0.15, -0.1) is 0 Å². The third kappa shape index (κ3) is 8.87. The number of ether oxygens (including phenoxy) is 10. The highest BCUT2D eigenvalue weighted by molar-refractivity contribution is 5.67. The van der Waals surface area contributed by atoms with Gasteiger partial charge in [0.15, 0.2) is 40.6 Å². The smallest absolute Gasteiger partial charge is 0.303 e. The molecule has 11 nitrogen and oxygen atoms in total. The predicted octanol–water partition coefficient (Wildman–Crippen LogP) is 6.86. The summed E-state index contributed by atoms with van der Waals surface area (Å²) in [5, 5.41) is 0. The van der Waals surface area contributed by atoms with Crippen LogP contribution in [0, 0.1) is 0 Å². The van der Waals surface area contributed by atoms with Crippen molar-refractivity contribution in [3.63, 3.8) is 0 Å². The Labute approximate surface area is 277 Å². The van der Waals surface area contributed by atoms with Crippen LogP contribution in [0.4, 0.5) is 0 Å². The fraction of sp³-hybridized carbons (Fsp3) is 0.417. The first-order valence-corrected chi connectivity index (χ1v) is 15.0.